The van der Waals surface area contributed by atoms with Crippen molar-refractivity contribution in [2.75, 3.05) is 13.1 Å². The lowest BCUT2D eigenvalue weighted by Crippen LogP contribution is -2.49. The third kappa shape index (κ3) is 3.57. The number of carbonyl (C=O) groups excluding carboxylic acids is 2. The summed E-state index contributed by atoms with van der Waals surface area (Å²) in [6, 6.07) is 2.00. The Hall–Kier alpha value is -2.44. The fraction of sp³-hybridized carbons (Fsp3) is 0.579. The lowest BCUT2D eigenvalue weighted by atomic mass is 9.93. The van der Waals surface area contributed by atoms with E-state index in [0.29, 0.717) is 24.3 Å². The standard InChI is InChI=1S/C19H27N5O2/c1-12-10-13(2)24-16(21-12)15(11-20-24)17(25)22-14-6-8-23(9-7-14)18(26)19(3,4)5/h10-11,14H,6-9H2,1-5H3,(H,22,25). The van der Waals surface area contributed by atoms with Crippen LogP contribution in [0, 0.1) is 19.3 Å². The fourth-order valence-corrected chi connectivity index (χ4v) is 3.40. The molecule has 3 heterocycles. The van der Waals surface area contributed by atoms with E-state index in [0.717, 1.165) is 24.2 Å². The SMILES string of the molecule is Cc1cc(C)n2ncc(C(=O)NC3CCN(C(=O)C(C)(C)C)CC3)c2n1. The molecule has 0 aromatic carbocycles. The average Bonchev–Trinajstić information content (AvgIpc) is 2.98. The van der Waals surface area contributed by atoms with Crippen LogP contribution in [0.15, 0.2) is 12.3 Å². The maximum absolute atomic E-state index is 12.7. The van der Waals surface area contributed by atoms with E-state index in [1.807, 2.05) is 45.6 Å². The Morgan fingerprint density at radius 1 is 1.19 bits per heavy atom. The molecule has 0 aliphatic carbocycles. The second-order valence-corrected chi connectivity index (χ2v) is 8.12. The predicted octanol–water partition coefficient (Wildman–Crippen LogP) is 2.11. The van der Waals surface area contributed by atoms with Gasteiger partial charge in [0.2, 0.25) is 5.91 Å². The Morgan fingerprint density at radius 2 is 1.85 bits per heavy atom. The van der Waals surface area contributed by atoms with Crippen molar-refractivity contribution in [2.45, 2.75) is 53.5 Å². The van der Waals surface area contributed by atoms with Crippen molar-refractivity contribution < 1.29 is 9.59 Å². The monoisotopic (exact) mass is 357 g/mol. The molecule has 1 aliphatic rings. The third-order valence-corrected chi connectivity index (χ3v) is 4.78. The van der Waals surface area contributed by atoms with E-state index in [9.17, 15) is 9.59 Å². The zero-order valence-corrected chi connectivity index (χ0v) is 16.2. The van der Waals surface area contributed by atoms with Gasteiger partial charge in [-0.25, -0.2) is 9.50 Å². The highest BCUT2D eigenvalue weighted by Gasteiger charge is 2.31. The van der Waals surface area contributed by atoms with Crippen LogP contribution >= 0.6 is 0 Å². The number of piperidine rings is 1. The number of amides is 2. The van der Waals surface area contributed by atoms with Crippen LogP contribution in [0.1, 0.15) is 55.4 Å². The van der Waals surface area contributed by atoms with Gasteiger partial charge in [-0.1, -0.05) is 20.8 Å². The molecule has 2 aromatic heterocycles. The molecule has 1 fully saturated rings. The van der Waals surface area contributed by atoms with Crippen molar-refractivity contribution in [3.63, 3.8) is 0 Å². The molecule has 0 saturated carbocycles. The van der Waals surface area contributed by atoms with E-state index in [-0.39, 0.29) is 23.3 Å². The van der Waals surface area contributed by atoms with Crippen molar-refractivity contribution >= 4 is 17.5 Å². The van der Waals surface area contributed by atoms with Gasteiger partial charge in [0.1, 0.15) is 5.56 Å². The van der Waals surface area contributed by atoms with Gasteiger partial charge < -0.3 is 10.2 Å². The molecule has 0 radical (unpaired) electrons. The topological polar surface area (TPSA) is 79.6 Å². The molecule has 0 bridgehead atoms. The second-order valence-electron chi connectivity index (χ2n) is 8.12. The van der Waals surface area contributed by atoms with Crippen molar-refractivity contribution in [1.29, 1.82) is 0 Å². The quantitative estimate of drug-likeness (QED) is 0.893. The summed E-state index contributed by atoms with van der Waals surface area (Å²) in [6.45, 7) is 11.0. The molecule has 2 amide bonds. The van der Waals surface area contributed by atoms with Gasteiger partial charge in [-0.3, -0.25) is 9.59 Å². The van der Waals surface area contributed by atoms with Crippen LogP contribution in [0.5, 0.6) is 0 Å². The summed E-state index contributed by atoms with van der Waals surface area (Å²) >= 11 is 0. The van der Waals surface area contributed by atoms with Gasteiger partial charge in [-0.15, -0.1) is 0 Å². The number of nitrogens with one attached hydrogen (secondary N) is 1. The Kier molecular flexibility index (Phi) is 4.73. The maximum Gasteiger partial charge on any atom is 0.256 e. The molecule has 2 aromatic rings. The van der Waals surface area contributed by atoms with Crippen molar-refractivity contribution in [3.05, 3.63) is 29.2 Å². The largest absolute Gasteiger partial charge is 0.349 e. The van der Waals surface area contributed by atoms with Gasteiger partial charge in [0.05, 0.1) is 6.20 Å². The number of carbonyl (C=O) groups is 2. The molecule has 3 rings (SSSR count). The minimum absolute atomic E-state index is 0.0624. The third-order valence-electron chi connectivity index (χ3n) is 4.78. The van der Waals surface area contributed by atoms with Crippen LogP contribution in [0.25, 0.3) is 5.65 Å². The number of aryl methyl sites for hydroxylation is 2. The van der Waals surface area contributed by atoms with Crippen LogP contribution in [0.3, 0.4) is 0 Å². The van der Waals surface area contributed by atoms with E-state index in [4.69, 9.17) is 0 Å². The van der Waals surface area contributed by atoms with Crippen molar-refractivity contribution in [2.24, 2.45) is 5.41 Å². The molecular formula is C19H27N5O2. The molecule has 26 heavy (non-hydrogen) atoms. The summed E-state index contributed by atoms with van der Waals surface area (Å²) < 4.78 is 1.69. The van der Waals surface area contributed by atoms with Gasteiger partial charge in [0.15, 0.2) is 5.65 Å². The lowest BCUT2D eigenvalue weighted by Gasteiger charge is -2.35. The average molecular weight is 357 g/mol. The molecular weight excluding hydrogens is 330 g/mol. The van der Waals surface area contributed by atoms with E-state index < -0.39 is 0 Å². The smallest absolute Gasteiger partial charge is 0.256 e. The Bertz CT molecular complexity index is 841. The van der Waals surface area contributed by atoms with Gasteiger partial charge in [0.25, 0.3) is 5.91 Å². The number of rotatable bonds is 2. The Balaban J connectivity index is 1.66. The number of nitrogens with zero attached hydrogens (tertiary/aromatic N) is 4. The molecule has 0 atom stereocenters. The molecule has 0 unspecified atom stereocenters. The van der Waals surface area contributed by atoms with Crippen LogP contribution in [0.4, 0.5) is 0 Å². The highest BCUT2D eigenvalue weighted by Crippen LogP contribution is 2.21. The first-order valence-electron chi connectivity index (χ1n) is 9.09. The van der Waals surface area contributed by atoms with Gasteiger partial charge >= 0.3 is 0 Å². The van der Waals surface area contributed by atoms with E-state index in [2.05, 4.69) is 15.4 Å². The van der Waals surface area contributed by atoms with Crippen molar-refractivity contribution in [1.82, 2.24) is 24.8 Å². The summed E-state index contributed by atoms with van der Waals surface area (Å²) in [5, 5.41) is 7.36. The first-order valence-corrected chi connectivity index (χ1v) is 9.09. The van der Waals surface area contributed by atoms with E-state index >= 15 is 0 Å². The molecule has 1 saturated heterocycles. The molecule has 0 spiro atoms. The first-order chi connectivity index (χ1) is 12.2. The normalized spacial score (nSPS) is 16.1. The number of hydrogen-bond acceptors (Lipinski definition) is 4. The second kappa shape index (κ2) is 6.70. The molecule has 1 aliphatic heterocycles. The van der Waals surface area contributed by atoms with Gasteiger partial charge in [0, 0.05) is 35.9 Å². The van der Waals surface area contributed by atoms with Crippen molar-refractivity contribution in [3.8, 4) is 0 Å². The van der Waals surface area contributed by atoms with Crippen LogP contribution in [0.2, 0.25) is 0 Å². The summed E-state index contributed by atoms with van der Waals surface area (Å²) in [6.07, 6.45) is 3.10. The van der Waals surface area contributed by atoms with Gasteiger partial charge in [-0.2, -0.15) is 5.10 Å². The van der Waals surface area contributed by atoms with Crippen LogP contribution in [-0.2, 0) is 4.79 Å². The number of aromatic nitrogens is 3. The van der Waals surface area contributed by atoms with E-state index in [1.54, 1.807) is 10.7 Å². The molecule has 1 N–H and O–H groups in total. The zero-order chi connectivity index (χ0) is 19.1. The van der Waals surface area contributed by atoms with Gasteiger partial charge in [-0.05, 0) is 32.8 Å². The van der Waals surface area contributed by atoms with Crippen LogP contribution < -0.4 is 5.32 Å². The Labute approximate surface area is 153 Å². The summed E-state index contributed by atoms with van der Waals surface area (Å²) in [5.74, 6) is 0.0122. The predicted molar refractivity (Wildman–Crippen MR) is 99.0 cm³/mol. The number of hydrogen-bond donors (Lipinski definition) is 1. The summed E-state index contributed by atoms with van der Waals surface area (Å²) in [5.41, 5.74) is 2.51. The first kappa shape index (κ1) is 18.4. The summed E-state index contributed by atoms with van der Waals surface area (Å²) in [7, 11) is 0. The zero-order valence-electron chi connectivity index (χ0n) is 16.2. The maximum atomic E-state index is 12.7. The highest BCUT2D eigenvalue weighted by atomic mass is 16.2. The molecule has 140 valence electrons. The fourth-order valence-electron chi connectivity index (χ4n) is 3.40. The summed E-state index contributed by atoms with van der Waals surface area (Å²) in [4.78, 5) is 31.4. The molecule has 7 nitrogen and oxygen atoms in total. The minimum atomic E-state index is -0.366. The number of likely N-dealkylation sites (tertiary alicyclic amines) is 1. The van der Waals surface area contributed by atoms with Crippen LogP contribution in [-0.4, -0.2) is 50.4 Å². The number of fused-ring (bicyclic) bond motifs is 1. The Morgan fingerprint density at radius 3 is 2.46 bits per heavy atom. The highest BCUT2D eigenvalue weighted by molar-refractivity contribution is 5.99. The lowest BCUT2D eigenvalue weighted by molar-refractivity contribution is -0.140. The minimum Gasteiger partial charge on any atom is -0.349 e. The van der Waals surface area contributed by atoms with E-state index in [1.165, 1.54) is 0 Å². The molecule has 7 heteroatoms.